The van der Waals surface area contributed by atoms with Crippen LogP contribution in [0.25, 0.3) is 10.6 Å². The first kappa shape index (κ1) is 19.1. The van der Waals surface area contributed by atoms with Crippen molar-refractivity contribution in [2.75, 3.05) is 6.61 Å². The van der Waals surface area contributed by atoms with Gasteiger partial charge in [-0.2, -0.15) is 5.26 Å². The summed E-state index contributed by atoms with van der Waals surface area (Å²) < 4.78 is 5.29. The molecule has 0 saturated carbocycles. The Balaban J connectivity index is 1.42. The first-order chi connectivity index (χ1) is 13.6. The van der Waals surface area contributed by atoms with Crippen LogP contribution in [0.2, 0.25) is 0 Å². The predicted octanol–water partition coefficient (Wildman–Crippen LogP) is 2.45. The number of hydrogen-bond donors (Lipinski definition) is 2. The number of nitrogens with zero attached hydrogens (tertiary/aromatic N) is 2. The summed E-state index contributed by atoms with van der Waals surface area (Å²) in [7, 11) is 0. The van der Waals surface area contributed by atoms with Crippen molar-refractivity contribution in [2.24, 2.45) is 0 Å². The molecule has 0 radical (unpaired) electrons. The van der Waals surface area contributed by atoms with Gasteiger partial charge in [0.1, 0.15) is 10.8 Å². The second kappa shape index (κ2) is 9.30. The van der Waals surface area contributed by atoms with E-state index in [-0.39, 0.29) is 18.9 Å². The maximum absolute atomic E-state index is 12.0. The molecule has 0 bridgehead atoms. The second-order valence-electron chi connectivity index (χ2n) is 5.71. The molecule has 1 heterocycles. The van der Waals surface area contributed by atoms with Crippen molar-refractivity contribution in [1.82, 2.24) is 15.8 Å². The van der Waals surface area contributed by atoms with E-state index in [4.69, 9.17) is 10.00 Å². The van der Waals surface area contributed by atoms with Gasteiger partial charge in [-0.3, -0.25) is 20.4 Å². The van der Waals surface area contributed by atoms with Gasteiger partial charge in [0.05, 0.1) is 23.7 Å². The number of nitrogens with one attached hydrogen (secondary N) is 2. The number of nitriles is 1. The molecule has 3 rings (SSSR count). The number of carbonyl (C=O) groups is 2. The lowest BCUT2D eigenvalue weighted by atomic mass is 10.2. The molecule has 2 N–H and O–H groups in total. The molecule has 0 aliphatic heterocycles. The molecule has 0 saturated heterocycles. The molecule has 0 atom stereocenters. The first-order valence-electron chi connectivity index (χ1n) is 8.34. The van der Waals surface area contributed by atoms with Crippen molar-refractivity contribution in [2.45, 2.75) is 6.42 Å². The van der Waals surface area contributed by atoms with Crippen LogP contribution in [0.4, 0.5) is 0 Å². The van der Waals surface area contributed by atoms with Gasteiger partial charge in [0.2, 0.25) is 5.91 Å². The highest BCUT2D eigenvalue weighted by Gasteiger charge is 2.10. The largest absolute Gasteiger partial charge is 0.484 e. The number of amides is 2. The molecule has 2 aromatic carbocycles. The van der Waals surface area contributed by atoms with Crippen molar-refractivity contribution in [1.29, 1.82) is 5.26 Å². The summed E-state index contributed by atoms with van der Waals surface area (Å²) in [6, 6.07) is 18.1. The molecule has 140 valence electrons. The maximum atomic E-state index is 12.0. The van der Waals surface area contributed by atoms with Gasteiger partial charge >= 0.3 is 0 Å². The summed E-state index contributed by atoms with van der Waals surface area (Å²) in [5, 5.41) is 11.4. The highest BCUT2D eigenvalue weighted by atomic mass is 32.1. The average Bonchev–Trinajstić information content (AvgIpc) is 3.20. The molecule has 0 fully saturated rings. The van der Waals surface area contributed by atoms with E-state index in [0.717, 1.165) is 10.6 Å². The minimum absolute atomic E-state index is 0.0556. The van der Waals surface area contributed by atoms with Gasteiger partial charge in [0.25, 0.3) is 5.91 Å². The van der Waals surface area contributed by atoms with E-state index in [2.05, 4.69) is 15.8 Å². The summed E-state index contributed by atoms with van der Waals surface area (Å²) in [6.45, 7) is -0.263. The topological polar surface area (TPSA) is 104 Å². The Morgan fingerprint density at radius 1 is 1.04 bits per heavy atom. The Morgan fingerprint density at radius 3 is 2.46 bits per heavy atom. The molecule has 0 aliphatic carbocycles. The van der Waals surface area contributed by atoms with Gasteiger partial charge in [-0.25, -0.2) is 4.98 Å². The number of carbonyl (C=O) groups excluding carboxylic acids is 2. The SMILES string of the molecule is N#Cc1ccc(OCC(=O)NNC(=O)Cc2csc(-c3ccccc3)n2)cc1. The first-order valence-corrected chi connectivity index (χ1v) is 9.22. The fourth-order valence-corrected chi connectivity index (χ4v) is 3.09. The number of aromatic nitrogens is 1. The van der Waals surface area contributed by atoms with E-state index < -0.39 is 5.91 Å². The van der Waals surface area contributed by atoms with Crippen molar-refractivity contribution in [3.63, 3.8) is 0 Å². The summed E-state index contributed by atoms with van der Waals surface area (Å²) in [6.07, 6.45) is 0.0556. The quantitative estimate of drug-likeness (QED) is 0.627. The van der Waals surface area contributed by atoms with Gasteiger partial charge < -0.3 is 4.74 Å². The zero-order valence-corrected chi connectivity index (χ0v) is 15.5. The summed E-state index contributed by atoms with van der Waals surface area (Å²) in [4.78, 5) is 28.2. The molecule has 7 nitrogen and oxygen atoms in total. The number of hydrogen-bond acceptors (Lipinski definition) is 6. The van der Waals surface area contributed by atoms with E-state index >= 15 is 0 Å². The molecule has 2 amide bonds. The third-order valence-electron chi connectivity index (χ3n) is 3.61. The Kier molecular flexibility index (Phi) is 6.33. The van der Waals surface area contributed by atoms with Crippen molar-refractivity contribution < 1.29 is 14.3 Å². The fraction of sp³-hybridized carbons (Fsp3) is 0.100. The van der Waals surface area contributed by atoms with Crippen molar-refractivity contribution in [3.8, 4) is 22.4 Å². The normalized spacial score (nSPS) is 9.96. The molecule has 0 aliphatic rings. The fourth-order valence-electron chi connectivity index (χ4n) is 2.26. The van der Waals surface area contributed by atoms with Crippen LogP contribution in [0.1, 0.15) is 11.3 Å². The molecular formula is C20H16N4O3S. The zero-order valence-electron chi connectivity index (χ0n) is 14.7. The molecule has 3 aromatic rings. The predicted molar refractivity (Wildman–Crippen MR) is 104 cm³/mol. The highest BCUT2D eigenvalue weighted by molar-refractivity contribution is 7.13. The van der Waals surface area contributed by atoms with E-state index in [9.17, 15) is 9.59 Å². The van der Waals surface area contributed by atoms with E-state index in [1.165, 1.54) is 11.3 Å². The molecule has 1 aromatic heterocycles. The van der Waals surface area contributed by atoms with E-state index in [1.807, 2.05) is 41.8 Å². The molecule has 28 heavy (non-hydrogen) atoms. The zero-order chi connectivity index (χ0) is 19.8. The Morgan fingerprint density at radius 2 is 1.75 bits per heavy atom. The van der Waals surface area contributed by atoms with E-state index in [0.29, 0.717) is 17.0 Å². The van der Waals surface area contributed by atoms with Crippen LogP contribution in [0.3, 0.4) is 0 Å². The molecule has 8 heteroatoms. The molecule has 0 spiro atoms. The van der Waals surface area contributed by atoms with Crippen LogP contribution in [0.5, 0.6) is 5.75 Å². The third-order valence-corrected chi connectivity index (χ3v) is 4.55. The minimum atomic E-state index is -0.499. The van der Waals surface area contributed by atoms with Crippen LogP contribution in [0, 0.1) is 11.3 Å². The van der Waals surface area contributed by atoms with E-state index in [1.54, 1.807) is 24.3 Å². The summed E-state index contributed by atoms with van der Waals surface area (Å²) in [5.41, 5.74) is 6.75. The summed E-state index contributed by atoms with van der Waals surface area (Å²) >= 11 is 1.46. The Hall–Kier alpha value is -3.70. The Labute approximate surface area is 165 Å². The molecular weight excluding hydrogens is 376 g/mol. The lowest BCUT2D eigenvalue weighted by Gasteiger charge is -2.08. The van der Waals surface area contributed by atoms with Crippen LogP contribution >= 0.6 is 11.3 Å². The lowest BCUT2D eigenvalue weighted by Crippen LogP contribution is -2.44. The Bertz CT molecular complexity index is 994. The smallest absolute Gasteiger partial charge is 0.276 e. The van der Waals surface area contributed by atoms with Crippen LogP contribution in [0.15, 0.2) is 60.0 Å². The van der Waals surface area contributed by atoms with Crippen molar-refractivity contribution >= 4 is 23.2 Å². The highest BCUT2D eigenvalue weighted by Crippen LogP contribution is 2.23. The summed E-state index contributed by atoms with van der Waals surface area (Å²) in [5.74, 6) is -0.422. The van der Waals surface area contributed by atoms with Crippen molar-refractivity contribution in [3.05, 3.63) is 71.2 Å². The van der Waals surface area contributed by atoms with Crippen LogP contribution in [-0.4, -0.2) is 23.4 Å². The van der Waals surface area contributed by atoms with Crippen LogP contribution < -0.4 is 15.6 Å². The number of benzene rings is 2. The lowest BCUT2D eigenvalue weighted by molar-refractivity contribution is -0.129. The monoisotopic (exact) mass is 392 g/mol. The number of thiazole rings is 1. The van der Waals surface area contributed by atoms with Gasteiger partial charge in [-0.05, 0) is 24.3 Å². The van der Waals surface area contributed by atoms with Gasteiger partial charge in [-0.1, -0.05) is 30.3 Å². The second-order valence-corrected chi connectivity index (χ2v) is 6.57. The third kappa shape index (κ3) is 5.40. The van der Waals surface area contributed by atoms with Gasteiger partial charge in [0, 0.05) is 10.9 Å². The average molecular weight is 392 g/mol. The number of rotatable bonds is 6. The van der Waals surface area contributed by atoms with Gasteiger partial charge in [-0.15, -0.1) is 11.3 Å². The molecule has 0 unspecified atom stereocenters. The van der Waals surface area contributed by atoms with Crippen LogP contribution in [-0.2, 0) is 16.0 Å². The number of ether oxygens (including phenoxy) is 1. The standard InChI is InChI=1S/C20H16N4O3S/c21-11-14-6-8-17(9-7-14)27-12-19(26)24-23-18(25)10-16-13-28-20(22-16)15-4-2-1-3-5-15/h1-9,13H,10,12H2,(H,23,25)(H,24,26). The minimum Gasteiger partial charge on any atom is -0.484 e. The number of hydrazine groups is 1. The van der Waals surface area contributed by atoms with Gasteiger partial charge in [0.15, 0.2) is 6.61 Å². The maximum Gasteiger partial charge on any atom is 0.276 e.